The van der Waals surface area contributed by atoms with Crippen LogP contribution in [0.25, 0.3) is 0 Å². The third-order valence-electron chi connectivity index (χ3n) is 1.70. The number of nitrogens with zero attached hydrogens (tertiary/aromatic N) is 1. The summed E-state index contributed by atoms with van der Waals surface area (Å²) in [5, 5.41) is 0. The molecule has 3 nitrogen and oxygen atoms in total. The van der Waals surface area contributed by atoms with Crippen molar-refractivity contribution in [2.75, 3.05) is 0 Å². The van der Waals surface area contributed by atoms with Crippen molar-refractivity contribution in [3.63, 3.8) is 0 Å². The van der Waals surface area contributed by atoms with E-state index in [-0.39, 0.29) is 5.97 Å². The van der Waals surface area contributed by atoms with E-state index in [4.69, 9.17) is 4.74 Å². The molecular weight excluding hydrogens is 222 g/mol. The van der Waals surface area contributed by atoms with Crippen molar-refractivity contribution in [1.29, 1.82) is 0 Å². The molecule has 62 valence electrons. The van der Waals surface area contributed by atoms with Crippen LogP contribution < -0.4 is 4.74 Å². The van der Waals surface area contributed by atoms with Crippen molar-refractivity contribution in [1.82, 2.24) is 4.98 Å². The van der Waals surface area contributed by atoms with Gasteiger partial charge in [-0.1, -0.05) is 0 Å². The first-order valence-electron chi connectivity index (χ1n) is 3.61. The molecule has 1 aliphatic rings. The molecule has 0 bridgehead atoms. The SMILES string of the molecule is O=C1CCc2cc(Br)cnc2O1. The molecule has 0 amide bonds. The summed E-state index contributed by atoms with van der Waals surface area (Å²) in [6.45, 7) is 0. The zero-order valence-electron chi connectivity index (χ0n) is 6.21. The van der Waals surface area contributed by atoms with Gasteiger partial charge in [0.05, 0.1) is 6.42 Å². The van der Waals surface area contributed by atoms with E-state index in [2.05, 4.69) is 20.9 Å². The molecule has 0 saturated heterocycles. The first kappa shape index (κ1) is 7.73. The summed E-state index contributed by atoms with van der Waals surface area (Å²) in [7, 11) is 0. The first-order valence-corrected chi connectivity index (χ1v) is 4.40. The summed E-state index contributed by atoms with van der Waals surface area (Å²) in [6.07, 6.45) is 2.79. The topological polar surface area (TPSA) is 39.2 Å². The van der Waals surface area contributed by atoms with E-state index in [0.717, 1.165) is 16.5 Å². The third kappa shape index (κ3) is 1.34. The number of aryl methyl sites for hydroxylation is 1. The van der Waals surface area contributed by atoms with Crippen LogP contribution >= 0.6 is 15.9 Å². The maximum absolute atomic E-state index is 10.8. The van der Waals surface area contributed by atoms with E-state index in [1.165, 1.54) is 0 Å². The lowest BCUT2D eigenvalue weighted by atomic mass is 10.1. The Hall–Kier alpha value is -0.900. The Morgan fingerprint density at radius 2 is 2.33 bits per heavy atom. The Labute approximate surface area is 77.9 Å². The number of hydrogen-bond donors (Lipinski definition) is 0. The molecule has 1 aromatic rings. The van der Waals surface area contributed by atoms with Crippen molar-refractivity contribution in [2.45, 2.75) is 12.8 Å². The second kappa shape index (κ2) is 2.86. The molecule has 1 aromatic heterocycles. The fourth-order valence-corrected chi connectivity index (χ4v) is 1.51. The van der Waals surface area contributed by atoms with Gasteiger partial charge in [-0.25, -0.2) is 4.98 Å². The zero-order chi connectivity index (χ0) is 8.55. The Morgan fingerprint density at radius 1 is 1.50 bits per heavy atom. The Kier molecular flexibility index (Phi) is 1.84. The molecule has 0 fully saturated rings. The standard InChI is InChI=1S/C8H6BrNO2/c9-6-3-5-1-2-7(11)12-8(5)10-4-6/h3-4H,1-2H2. The number of ether oxygens (including phenoxy) is 1. The van der Waals surface area contributed by atoms with E-state index in [9.17, 15) is 4.79 Å². The highest BCUT2D eigenvalue weighted by Crippen LogP contribution is 2.24. The van der Waals surface area contributed by atoms with Gasteiger partial charge in [-0.15, -0.1) is 0 Å². The highest BCUT2D eigenvalue weighted by Gasteiger charge is 2.17. The lowest BCUT2D eigenvalue weighted by Gasteiger charge is -2.13. The van der Waals surface area contributed by atoms with E-state index >= 15 is 0 Å². The number of fused-ring (bicyclic) bond motifs is 1. The molecule has 0 radical (unpaired) electrons. The van der Waals surface area contributed by atoms with Gasteiger partial charge < -0.3 is 4.74 Å². The minimum atomic E-state index is -0.197. The van der Waals surface area contributed by atoms with Crippen LogP contribution in [0.5, 0.6) is 5.88 Å². The fraction of sp³-hybridized carbons (Fsp3) is 0.250. The van der Waals surface area contributed by atoms with Crippen LogP contribution in [0.4, 0.5) is 0 Å². The second-order valence-corrected chi connectivity index (χ2v) is 3.51. The van der Waals surface area contributed by atoms with Crippen LogP contribution in [0.3, 0.4) is 0 Å². The largest absolute Gasteiger partial charge is 0.407 e. The van der Waals surface area contributed by atoms with Crippen LogP contribution in [0, 0.1) is 0 Å². The predicted octanol–water partition coefficient (Wildman–Crippen LogP) is 1.70. The average molecular weight is 228 g/mol. The maximum atomic E-state index is 10.8. The molecular formula is C8H6BrNO2. The monoisotopic (exact) mass is 227 g/mol. The Morgan fingerprint density at radius 3 is 3.17 bits per heavy atom. The first-order chi connectivity index (χ1) is 5.75. The molecule has 12 heavy (non-hydrogen) atoms. The molecule has 0 spiro atoms. The molecule has 1 aliphatic heterocycles. The summed E-state index contributed by atoms with van der Waals surface area (Å²) in [4.78, 5) is 14.8. The van der Waals surface area contributed by atoms with Crippen LogP contribution in [0.2, 0.25) is 0 Å². The van der Waals surface area contributed by atoms with Crippen molar-refractivity contribution >= 4 is 21.9 Å². The van der Waals surface area contributed by atoms with Crippen molar-refractivity contribution in [3.05, 3.63) is 22.3 Å². The summed E-state index contributed by atoms with van der Waals surface area (Å²) in [6, 6.07) is 1.93. The number of carbonyl (C=O) groups excluding carboxylic acids is 1. The molecule has 0 N–H and O–H groups in total. The van der Waals surface area contributed by atoms with Gasteiger partial charge in [-0.2, -0.15) is 0 Å². The predicted molar refractivity (Wildman–Crippen MR) is 45.9 cm³/mol. The van der Waals surface area contributed by atoms with Crippen molar-refractivity contribution in [2.24, 2.45) is 0 Å². The molecule has 0 aliphatic carbocycles. The van der Waals surface area contributed by atoms with Gasteiger partial charge in [-0.3, -0.25) is 4.79 Å². The van der Waals surface area contributed by atoms with Crippen LogP contribution in [-0.2, 0) is 11.2 Å². The number of hydrogen-bond acceptors (Lipinski definition) is 3. The molecule has 0 saturated carbocycles. The van der Waals surface area contributed by atoms with Gasteiger partial charge in [0, 0.05) is 16.2 Å². The van der Waals surface area contributed by atoms with Crippen LogP contribution in [-0.4, -0.2) is 11.0 Å². The Balaban J connectivity index is 2.43. The van der Waals surface area contributed by atoms with E-state index in [1.54, 1.807) is 6.20 Å². The van der Waals surface area contributed by atoms with Gasteiger partial charge in [0.15, 0.2) is 0 Å². The number of pyridine rings is 1. The fourth-order valence-electron chi connectivity index (χ4n) is 1.14. The van der Waals surface area contributed by atoms with Gasteiger partial charge in [0.25, 0.3) is 0 Å². The number of halogens is 1. The summed E-state index contributed by atoms with van der Waals surface area (Å²) in [5.41, 5.74) is 0.990. The normalized spacial score (nSPS) is 15.2. The van der Waals surface area contributed by atoms with Gasteiger partial charge >= 0.3 is 5.97 Å². The minimum absolute atomic E-state index is 0.197. The number of aromatic nitrogens is 1. The number of rotatable bonds is 0. The minimum Gasteiger partial charge on any atom is -0.407 e. The van der Waals surface area contributed by atoms with Gasteiger partial charge in [0.1, 0.15) is 0 Å². The summed E-state index contributed by atoms with van der Waals surface area (Å²) < 4.78 is 5.83. The van der Waals surface area contributed by atoms with E-state index in [0.29, 0.717) is 12.3 Å². The number of esters is 1. The van der Waals surface area contributed by atoms with E-state index in [1.807, 2.05) is 6.07 Å². The lowest BCUT2D eigenvalue weighted by Crippen LogP contribution is -2.16. The number of carbonyl (C=O) groups is 1. The molecule has 0 atom stereocenters. The highest BCUT2D eigenvalue weighted by molar-refractivity contribution is 9.10. The van der Waals surface area contributed by atoms with Crippen LogP contribution in [0.1, 0.15) is 12.0 Å². The Bertz CT molecular complexity index is 338. The lowest BCUT2D eigenvalue weighted by molar-refractivity contribution is -0.135. The molecule has 2 rings (SSSR count). The maximum Gasteiger partial charge on any atom is 0.312 e. The molecule has 0 aromatic carbocycles. The third-order valence-corrected chi connectivity index (χ3v) is 2.13. The molecule has 2 heterocycles. The zero-order valence-corrected chi connectivity index (χ0v) is 7.80. The van der Waals surface area contributed by atoms with Crippen molar-refractivity contribution in [3.8, 4) is 5.88 Å². The molecule has 0 unspecified atom stereocenters. The van der Waals surface area contributed by atoms with Gasteiger partial charge in [-0.05, 0) is 28.4 Å². The summed E-state index contributed by atoms with van der Waals surface area (Å²) in [5.74, 6) is 0.256. The van der Waals surface area contributed by atoms with Gasteiger partial charge in [0.2, 0.25) is 5.88 Å². The summed E-state index contributed by atoms with van der Waals surface area (Å²) >= 11 is 3.30. The van der Waals surface area contributed by atoms with Crippen molar-refractivity contribution < 1.29 is 9.53 Å². The van der Waals surface area contributed by atoms with Crippen LogP contribution in [0.15, 0.2) is 16.7 Å². The molecule has 4 heteroatoms. The quantitative estimate of drug-likeness (QED) is 0.634. The average Bonchev–Trinajstić information content (AvgIpc) is 2.05. The smallest absolute Gasteiger partial charge is 0.312 e. The van der Waals surface area contributed by atoms with E-state index < -0.39 is 0 Å². The second-order valence-electron chi connectivity index (χ2n) is 2.59. The highest BCUT2D eigenvalue weighted by atomic mass is 79.9.